The third-order valence-electron chi connectivity index (χ3n) is 5.32. The van der Waals surface area contributed by atoms with Gasteiger partial charge in [0.25, 0.3) is 5.91 Å². The number of nitrogens with one attached hydrogen (secondary N) is 1. The predicted molar refractivity (Wildman–Crippen MR) is 118 cm³/mol. The number of sulfonamides is 1. The van der Waals surface area contributed by atoms with Gasteiger partial charge in [-0.1, -0.05) is 31.0 Å². The predicted octanol–water partition coefficient (Wildman–Crippen LogP) is 3.84. The minimum atomic E-state index is -3.64. The number of ether oxygens (including phenoxy) is 1. The van der Waals surface area contributed by atoms with Crippen LogP contribution in [0.15, 0.2) is 47.4 Å². The average molecular weight is 442 g/mol. The number of nitrogens with zero attached hydrogens (tertiary/aromatic N) is 2. The molecule has 1 aliphatic heterocycles. The highest BCUT2D eigenvalue weighted by atomic mass is 32.2. The summed E-state index contributed by atoms with van der Waals surface area (Å²) in [5.41, 5.74) is 1.35. The molecule has 1 saturated heterocycles. The lowest BCUT2D eigenvalue weighted by Crippen LogP contribution is -2.33. The Hall–Kier alpha value is -2.89. The van der Waals surface area contributed by atoms with Gasteiger partial charge in [-0.15, -0.1) is 0 Å². The Morgan fingerprint density at radius 2 is 1.81 bits per heavy atom. The van der Waals surface area contributed by atoms with Crippen molar-refractivity contribution in [1.29, 1.82) is 5.26 Å². The summed E-state index contributed by atoms with van der Waals surface area (Å²) in [5, 5.41) is 11.9. The van der Waals surface area contributed by atoms with Gasteiger partial charge in [-0.05, 0) is 56.5 Å². The summed E-state index contributed by atoms with van der Waals surface area (Å²) in [6.45, 7) is 4.36. The molecular weight excluding hydrogens is 414 g/mol. The molecule has 3 rings (SSSR count). The number of amides is 1. The monoisotopic (exact) mass is 441 g/mol. The van der Waals surface area contributed by atoms with Crippen LogP contribution in [0, 0.1) is 18.3 Å². The molecule has 1 fully saturated rings. The first-order valence-electron chi connectivity index (χ1n) is 10.4. The fourth-order valence-corrected chi connectivity index (χ4v) is 5.29. The smallest absolute Gasteiger partial charge is 0.265 e. The first-order valence-corrected chi connectivity index (χ1v) is 11.8. The third-order valence-corrected chi connectivity index (χ3v) is 7.36. The quantitative estimate of drug-likeness (QED) is 0.734. The molecule has 0 saturated carbocycles. The number of hydrogen-bond donors (Lipinski definition) is 1. The van der Waals surface area contributed by atoms with E-state index in [4.69, 9.17) is 4.74 Å². The van der Waals surface area contributed by atoms with Gasteiger partial charge in [0.15, 0.2) is 6.10 Å². The molecule has 31 heavy (non-hydrogen) atoms. The van der Waals surface area contributed by atoms with Gasteiger partial charge in [-0.3, -0.25) is 4.79 Å². The van der Waals surface area contributed by atoms with E-state index in [2.05, 4.69) is 5.32 Å². The maximum absolute atomic E-state index is 13.2. The number of para-hydroxylation sites is 1. The van der Waals surface area contributed by atoms with Crippen molar-refractivity contribution in [2.45, 2.75) is 50.5 Å². The largest absolute Gasteiger partial charge is 0.480 e. The number of aryl methyl sites for hydroxylation is 1. The van der Waals surface area contributed by atoms with Crippen LogP contribution in [-0.2, 0) is 14.8 Å². The highest BCUT2D eigenvalue weighted by Crippen LogP contribution is 2.26. The van der Waals surface area contributed by atoms with Crippen molar-refractivity contribution in [3.05, 3.63) is 53.6 Å². The second-order valence-corrected chi connectivity index (χ2v) is 9.56. The van der Waals surface area contributed by atoms with Gasteiger partial charge in [0.2, 0.25) is 10.0 Å². The van der Waals surface area contributed by atoms with Crippen molar-refractivity contribution >= 4 is 21.6 Å². The fraction of sp³-hybridized carbons (Fsp3) is 0.391. The standard InChI is InChI=1S/C23H27N3O4S/c1-17-11-12-20(15-22(17)31(28,29)26-13-7-3-4-8-14-26)25-23(27)18(2)30-21-10-6-5-9-19(21)16-24/h5-6,9-12,15,18H,3-4,7-8,13-14H2,1-2H3,(H,25,27). The molecule has 0 bridgehead atoms. The van der Waals surface area contributed by atoms with Gasteiger partial charge in [-0.25, -0.2) is 8.42 Å². The molecule has 1 N–H and O–H groups in total. The zero-order valence-electron chi connectivity index (χ0n) is 17.8. The van der Waals surface area contributed by atoms with Crippen molar-refractivity contribution in [2.75, 3.05) is 18.4 Å². The van der Waals surface area contributed by atoms with Crippen LogP contribution in [0.5, 0.6) is 5.75 Å². The highest BCUT2D eigenvalue weighted by Gasteiger charge is 2.27. The lowest BCUT2D eigenvalue weighted by molar-refractivity contribution is -0.122. The van der Waals surface area contributed by atoms with Crippen molar-refractivity contribution in [2.24, 2.45) is 0 Å². The van der Waals surface area contributed by atoms with E-state index in [1.807, 2.05) is 6.07 Å². The molecule has 0 aromatic heterocycles. The molecule has 1 heterocycles. The van der Waals surface area contributed by atoms with Crippen LogP contribution in [0.3, 0.4) is 0 Å². The van der Waals surface area contributed by atoms with Crippen LogP contribution in [0.1, 0.15) is 43.7 Å². The van der Waals surface area contributed by atoms with E-state index in [-0.39, 0.29) is 4.90 Å². The van der Waals surface area contributed by atoms with Crippen molar-refractivity contribution < 1.29 is 17.9 Å². The number of hydrogen-bond acceptors (Lipinski definition) is 5. The lowest BCUT2D eigenvalue weighted by Gasteiger charge is -2.22. The molecular formula is C23H27N3O4S. The Bertz CT molecular complexity index is 1080. The van der Waals surface area contributed by atoms with E-state index in [1.165, 1.54) is 6.07 Å². The summed E-state index contributed by atoms with van der Waals surface area (Å²) < 4.78 is 33.6. The minimum Gasteiger partial charge on any atom is -0.480 e. The molecule has 1 amide bonds. The molecule has 164 valence electrons. The Kier molecular flexibility index (Phi) is 7.31. The highest BCUT2D eigenvalue weighted by molar-refractivity contribution is 7.89. The Morgan fingerprint density at radius 1 is 1.13 bits per heavy atom. The van der Waals surface area contributed by atoms with Gasteiger partial charge in [0.05, 0.1) is 10.5 Å². The summed E-state index contributed by atoms with van der Waals surface area (Å²) in [6, 6.07) is 13.6. The molecule has 0 radical (unpaired) electrons. The Morgan fingerprint density at radius 3 is 2.48 bits per heavy atom. The van der Waals surface area contributed by atoms with Crippen LogP contribution in [0.25, 0.3) is 0 Å². The maximum atomic E-state index is 13.2. The molecule has 0 spiro atoms. The van der Waals surface area contributed by atoms with Crippen LogP contribution in [0.4, 0.5) is 5.69 Å². The van der Waals surface area contributed by atoms with E-state index >= 15 is 0 Å². The van der Waals surface area contributed by atoms with Gasteiger partial charge in [-0.2, -0.15) is 9.57 Å². The SMILES string of the molecule is Cc1ccc(NC(=O)C(C)Oc2ccccc2C#N)cc1S(=O)(=O)N1CCCCCC1. The third kappa shape index (κ3) is 5.43. The van der Waals surface area contributed by atoms with E-state index in [0.29, 0.717) is 35.7 Å². The van der Waals surface area contributed by atoms with Crippen LogP contribution < -0.4 is 10.1 Å². The Balaban J connectivity index is 1.76. The number of carbonyl (C=O) groups excluding carboxylic acids is 1. The zero-order chi connectivity index (χ0) is 22.4. The van der Waals surface area contributed by atoms with Crippen LogP contribution >= 0.6 is 0 Å². The molecule has 1 unspecified atom stereocenters. The molecule has 2 aromatic carbocycles. The van der Waals surface area contributed by atoms with Crippen molar-refractivity contribution in [3.8, 4) is 11.8 Å². The minimum absolute atomic E-state index is 0.204. The fourth-order valence-electron chi connectivity index (χ4n) is 3.53. The summed E-state index contributed by atoms with van der Waals surface area (Å²) in [5.74, 6) is -0.115. The summed E-state index contributed by atoms with van der Waals surface area (Å²) >= 11 is 0. The van der Waals surface area contributed by atoms with E-state index in [0.717, 1.165) is 25.7 Å². The van der Waals surface area contributed by atoms with Gasteiger partial charge in [0, 0.05) is 18.8 Å². The number of rotatable bonds is 6. The first-order chi connectivity index (χ1) is 14.8. The van der Waals surface area contributed by atoms with E-state index < -0.39 is 22.0 Å². The van der Waals surface area contributed by atoms with Gasteiger partial charge < -0.3 is 10.1 Å². The molecule has 1 aliphatic rings. The number of benzene rings is 2. The summed E-state index contributed by atoms with van der Waals surface area (Å²) in [7, 11) is -3.64. The lowest BCUT2D eigenvalue weighted by atomic mass is 10.2. The molecule has 8 heteroatoms. The van der Waals surface area contributed by atoms with Crippen LogP contribution in [-0.4, -0.2) is 37.8 Å². The second-order valence-electron chi connectivity index (χ2n) is 7.66. The molecule has 0 aliphatic carbocycles. The number of carbonyl (C=O) groups is 1. The molecule has 1 atom stereocenters. The average Bonchev–Trinajstić information content (AvgIpc) is 3.05. The maximum Gasteiger partial charge on any atom is 0.265 e. The second kappa shape index (κ2) is 9.94. The summed E-state index contributed by atoms with van der Waals surface area (Å²) in [6.07, 6.45) is 2.91. The van der Waals surface area contributed by atoms with Crippen LogP contribution in [0.2, 0.25) is 0 Å². The number of anilines is 1. The van der Waals surface area contributed by atoms with E-state index in [9.17, 15) is 18.5 Å². The molecule has 2 aromatic rings. The Labute approximate surface area is 183 Å². The van der Waals surface area contributed by atoms with Crippen molar-refractivity contribution in [3.63, 3.8) is 0 Å². The normalized spacial score (nSPS) is 16.0. The zero-order valence-corrected chi connectivity index (χ0v) is 18.6. The van der Waals surface area contributed by atoms with Crippen molar-refractivity contribution in [1.82, 2.24) is 4.31 Å². The molecule has 7 nitrogen and oxygen atoms in total. The number of nitriles is 1. The van der Waals surface area contributed by atoms with E-state index in [1.54, 1.807) is 54.6 Å². The van der Waals surface area contributed by atoms with Gasteiger partial charge in [0.1, 0.15) is 11.8 Å². The first kappa shape index (κ1) is 22.8. The topological polar surface area (TPSA) is 99.5 Å². The summed E-state index contributed by atoms with van der Waals surface area (Å²) in [4.78, 5) is 12.8. The van der Waals surface area contributed by atoms with Gasteiger partial charge >= 0.3 is 0 Å².